The number of urea groups is 1. The zero-order chi connectivity index (χ0) is 13.4. The van der Waals surface area contributed by atoms with Gasteiger partial charge in [-0.1, -0.05) is 0 Å². The van der Waals surface area contributed by atoms with Gasteiger partial charge in [0.2, 0.25) is 0 Å². The average molecular weight is 262 g/mol. The summed E-state index contributed by atoms with van der Waals surface area (Å²) in [6.07, 6.45) is 2.25. The topological polar surface area (TPSA) is 86.6 Å². The summed E-state index contributed by atoms with van der Waals surface area (Å²) >= 11 is 0. The largest absolute Gasteiger partial charge is 0.368 e. The molecule has 7 heteroatoms. The van der Waals surface area contributed by atoms with Gasteiger partial charge in [-0.15, -0.1) is 0 Å². The quantitative estimate of drug-likeness (QED) is 0.575. The first-order valence-corrected chi connectivity index (χ1v) is 6.27. The van der Waals surface area contributed by atoms with E-state index in [2.05, 4.69) is 10.6 Å². The number of carbonyl (C=O) groups is 2. The Morgan fingerprint density at radius 2 is 2.21 bits per heavy atom. The summed E-state index contributed by atoms with van der Waals surface area (Å²) in [6, 6.07) is 2.46. The van der Waals surface area contributed by atoms with Crippen LogP contribution in [0.4, 0.5) is 4.79 Å². The molecule has 1 aromatic heterocycles. The third-order valence-corrected chi connectivity index (χ3v) is 4.61. The van der Waals surface area contributed by atoms with Gasteiger partial charge in [0, 0.05) is 19.7 Å². The number of aliphatic hydroxyl groups is 1. The number of amides is 3. The molecule has 0 bridgehead atoms. The van der Waals surface area contributed by atoms with Crippen LogP contribution in [-0.4, -0.2) is 51.4 Å². The lowest BCUT2D eigenvalue weighted by atomic mass is 10.1. The van der Waals surface area contributed by atoms with Crippen LogP contribution in [-0.2, 0) is 0 Å². The van der Waals surface area contributed by atoms with E-state index >= 15 is 0 Å². The van der Waals surface area contributed by atoms with Crippen LogP contribution in [0.2, 0.25) is 0 Å². The zero-order valence-electron chi connectivity index (χ0n) is 10.3. The Bertz CT molecular complexity index is 598. The Hall–Kier alpha value is -2.02. The Morgan fingerprint density at radius 3 is 3.00 bits per heavy atom. The average Bonchev–Trinajstić information content (AvgIpc) is 3.00. The minimum absolute atomic E-state index is 0.0410. The van der Waals surface area contributed by atoms with Gasteiger partial charge in [-0.25, -0.2) is 4.79 Å². The maximum atomic E-state index is 12.0. The number of hydrogen-bond donors (Lipinski definition) is 3. The van der Waals surface area contributed by atoms with Crippen molar-refractivity contribution in [2.24, 2.45) is 0 Å². The molecule has 100 valence electrons. The fourth-order valence-corrected chi connectivity index (χ4v) is 3.58. The van der Waals surface area contributed by atoms with Crippen LogP contribution < -0.4 is 10.6 Å². The summed E-state index contributed by atoms with van der Waals surface area (Å²) in [5.41, 5.74) is -0.648. The molecule has 0 radical (unpaired) electrons. The van der Waals surface area contributed by atoms with Crippen molar-refractivity contribution in [3.8, 4) is 0 Å². The Balaban J connectivity index is 1.81. The molecule has 3 amide bonds. The third-order valence-electron chi connectivity index (χ3n) is 4.61. The number of fused-ring (bicyclic) bond motifs is 5. The number of hydrogen-bond acceptors (Lipinski definition) is 3. The van der Waals surface area contributed by atoms with Crippen molar-refractivity contribution in [2.75, 3.05) is 7.05 Å². The molecular weight excluding hydrogens is 248 g/mol. The number of nitrogens with zero attached hydrogens (tertiary/aromatic N) is 2. The van der Waals surface area contributed by atoms with E-state index in [1.54, 1.807) is 13.1 Å². The van der Waals surface area contributed by atoms with Crippen molar-refractivity contribution in [1.82, 2.24) is 20.1 Å². The van der Waals surface area contributed by atoms with E-state index in [1.165, 1.54) is 4.90 Å². The van der Waals surface area contributed by atoms with E-state index in [9.17, 15) is 14.7 Å². The molecule has 1 saturated heterocycles. The molecule has 2 fully saturated rings. The minimum atomic E-state index is -1.24. The summed E-state index contributed by atoms with van der Waals surface area (Å²) in [5, 5.41) is 16.4. The van der Waals surface area contributed by atoms with E-state index < -0.39 is 11.8 Å². The van der Waals surface area contributed by atoms with Crippen molar-refractivity contribution in [3.63, 3.8) is 0 Å². The summed E-state index contributed by atoms with van der Waals surface area (Å²) < 4.78 is 1.89. The molecule has 7 nitrogen and oxygen atoms in total. The fourth-order valence-electron chi connectivity index (χ4n) is 3.58. The van der Waals surface area contributed by atoms with Gasteiger partial charge in [-0.2, -0.15) is 0 Å². The van der Waals surface area contributed by atoms with E-state index in [1.807, 2.05) is 16.8 Å². The lowest BCUT2D eigenvalue weighted by Gasteiger charge is -2.31. The first kappa shape index (κ1) is 10.9. The van der Waals surface area contributed by atoms with Gasteiger partial charge in [0.15, 0.2) is 5.72 Å². The maximum absolute atomic E-state index is 12.0. The highest BCUT2D eigenvalue weighted by Crippen LogP contribution is 2.44. The van der Waals surface area contributed by atoms with Crippen LogP contribution in [0.15, 0.2) is 18.3 Å². The molecule has 3 aliphatic rings. The molecule has 3 heterocycles. The standard InChI is InChI=1S/C12H14N4O3/c1-15-11(18)14-9-8-7(5-12(9,15)19)16-4-2-3-6(16)10(17)13-8/h2-4,7-9,19H,5H2,1H3,(H,13,17)(H,14,18)/t7?,8-,9+,12+/m1/s1. The van der Waals surface area contributed by atoms with Gasteiger partial charge in [0.1, 0.15) is 11.7 Å². The SMILES string of the molecule is CN1C(=O)N[C@H]2[C@@H]3NC(=O)c4cccn4C3C[C@]21O. The van der Waals surface area contributed by atoms with E-state index in [0.717, 1.165) is 0 Å². The predicted octanol–water partition coefficient (Wildman–Crippen LogP) is -0.743. The van der Waals surface area contributed by atoms with Gasteiger partial charge in [-0.3, -0.25) is 9.69 Å². The molecule has 1 aliphatic carbocycles. The Kier molecular flexibility index (Phi) is 1.78. The first-order chi connectivity index (χ1) is 9.02. The smallest absolute Gasteiger partial charge is 0.319 e. The van der Waals surface area contributed by atoms with Crippen LogP contribution in [0.25, 0.3) is 0 Å². The highest BCUT2D eigenvalue weighted by Gasteiger charge is 2.63. The van der Waals surface area contributed by atoms with Crippen molar-refractivity contribution >= 4 is 11.9 Å². The second-order valence-electron chi connectivity index (χ2n) is 5.44. The Morgan fingerprint density at radius 1 is 1.42 bits per heavy atom. The second kappa shape index (κ2) is 3.11. The fraction of sp³-hybridized carbons (Fsp3) is 0.500. The van der Waals surface area contributed by atoms with Crippen molar-refractivity contribution in [3.05, 3.63) is 24.0 Å². The molecule has 1 aromatic rings. The van der Waals surface area contributed by atoms with Crippen LogP contribution >= 0.6 is 0 Å². The van der Waals surface area contributed by atoms with Crippen LogP contribution in [0.3, 0.4) is 0 Å². The molecule has 0 aromatic carbocycles. The van der Waals surface area contributed by atoms with E-state index in [0.29, 0.717) is 12.1 Å². The molecule has 4 atom stereocenters. The number of aromatic nitrogens is 1. The van der Waals surface area contributed by atoms with Crippen LogP contribution in [0.1, 0.15) is 23.0 Å². The number of carbonyl (C=O) groups excluding carboxylic acids is 2. The highest BCUT2D eigenvalue weighted by molar-refractivity contribution is 5.94. The highest BCUT2D eigenvalue weighted by atomic mass is 16.3. The van der Waals surface area contributed by atoms with Gasteiger partial charge < -0.3 is 20.3 Å². The summed E-state index contributed by atoms with van der Waals surface area (Å²) in [6.45, 7) is 0. The minimum Gasteiger partial charge on any atom is -0.368 e. The lowest BCUT2D eigenvalue weighted by molar-refractivity contribution is -0.0561. The van der Waals surface area contributed by atoms with E-state index in [-0.39, 0.29) is 24.0 Å². The lowest BCUT2D eigenvalue weighted by Crippen LogP contribution is -2.56. The number of likely N-dealkylation sites (N-methyl/N-ethyl adjacent to an activating group) is 1. The first-order valence-electron chi connectivity index (χ1n) is 6.27. The molecule has 1 saturated carbocycles. The molecule has 2 aliphatic heterocycles. The molecule has 4 rings (SSSR count). The van der Waals surface area contributed by atoms with Crippen molar-refractivity contribution in [1.29, 1.82) is 0 Å². The monoisotopic (exact) mass is 262 g/mol. The summed E-state index contributed by atoms with van der Waals surface area (Å²) in [5.74, 6) is -0.167. The zero-order valence-corrected chi connectivity index (χ0v) is 10.3. The normalized spacial score (nSPS) is 39.5. The number of rotatable bonds is 0. The number of nitrogens with one attached hydrogen (secondary N) is 2. The van der Waals surface area contributed by atoms with Crippen LogP contribution in [0, 0.1) is 0 Å². The maximum Gasteiger partial charge on any atom is 0.319 e. The summed E-state index contributed by atoms with van der Waals surface area (Å²) in [4.78, 5) is 25.0. The second-order valence-corrected chi connectivity index (χ2v) is 5.44. The molecule has 3 N–H and O–H groups in total. The summed E-state index contributed by atoms with van der Waals surface area (Å²) in [7, 11) is 1.57. The van der Waals surface area contributed by atoms with Crippen LogP contribution in [0.5, 0.6) is 0 Å². The predicted molar refractivity (Wildman–Crippen MR) is 64.4 cm³/mol. The Labute approximate surface area is 109 Å². The molecule has 19 heavy (non-hydrogen) atoms. The third kappa shape index (κ3) is 1.11. The van der Waals surface area contributed by atoms with Gasteiger partial charge in [-0.05, 0) is 12.1 Å². The molecule has 1 unspecified atom stereocenters. The van der Waals surface area contributed by atoms with Gasteiger partial charge in [0.25, 0.3) is 5.91 Å². The van der Waals surface area contributed by atoms with Crippen molar-refractivity contribution < 1.29 is 14.7 Å². The van der Waals surface area contributed by atoms with E-state index in [4.69, 9.17) is 0 Å². The van der Waals surface area contributed by atoms with Gasteiger partial charge >= 0.3 is 6.03 Å². The van der Waals surface area contributed by atoms with Crippen molar-refractivity contribution in [2.45, 2.75) is 30.3 Å². The molecule has 0 spiro atoms. The van der Waals surface area contributed by atoms with Gasteiger partial charge in [0.05, 0.1) is 12.1 Å². The molecular formula is C12H14N4O3.